The highest BCUT2D eigenvalue weighted by Crippen LogP contribution is 2.41. The summed E-state index contributed by atoms with van der Waals surface area (Å²) in [6.07, 6.45) is -10.7. The molecule has 1 nitrogen and oxygen atoms in total. The smallest absolute Gasteiger partial charge is 0.293 e. The fraction of sp³-hybridized carbons (Fsp3) is 0.500. The van der Waals surface area contributed by atoms with Crippen LogP contribution in [-0.4, -0.2) is 18.1 Å². The van der Waals surface area contributed by atoms with Crippen molar-refractivity contribution < 1.29 is 31.1 Å². The van der Waals surface area contributed by atoms with E-state index in [0.29, 0.717) is 12.0 Å². The summed E-state index contributed by atoms with van der Waals surface area (Å²) in [4.78, 5) is 11.8. The van der Waals surface area contributed by atoms with Crippen molar-refractivity contribution in [3.63, 3.8) is 0 Å². The molecule has 1 rings (SSSR count). The topological polar surface area (TPSA) is 17.1 Å². The minimum Gasteiger partial charge on any atom is -0.293 e. The Labute approximate surface area is 118 Å². The lowest BCUT2D eigenvalue weighted by Crippen LogP contribution is -2.42. The van der Waals surface area contributed by atoms with E-state index in [4.69, 9.17) is 0 Å². The van der Waals surface area contributed by atoms with Crippen LogP contribution in [0.15, 0.2) is 18.2 Å². The minimum atomic E-state index is -5.66. The molecule has 0 aromatic heterocycles. The first kappa shape index (κ1) is 17.5. The molecule has 0 radical (unpaired) electrons. The van der Waals surface area contributed by atoms with E-state index in [9.17, 15) is 31.1 Å². The maximum atomic E-state index is 12.6. The molecule has 21 heavy (non-hydrogen) atoms. The van der Waals surface area contributed by atoms with Crippen LogP contribution in [0, 0.1) is 5.92 Å². The maximum Gasteiger partial charge on any atom is 0.407 e. The van der Waals surface area contributed by atoms with Crippen LogP contribution < -0.4 is 0 Å². The maximum absolute atomic E-state index is 12.6. The summed E-state index contributed by atoms with van der Waals surface area (Å²) < 4.78 is 75.8. The second-order valence-corrected chi connectivity index (χ2v) is 4.58. The van der Waals surface area contributed by atoms with Gasteiger partial charge in [-0.3, -0.25) is 4.79 Å². The van der Waals surface area contributed by atoms with Gasteiger partial charge < -0.3 is 0 Å². The quantitative estimate of drug-likeness (QED) is 0.580. The van der Waals surface area contributed by atoms with E-state index in [1.165, 1.54) is 6.07 Å². The highest BCUT2D eigenvalue weighted by Gasteiger charge is 2.61. The molecule has 0 saturated heterocycles. The van der Waals surface area contributed by atoms with Gasteiger partial charge in [0.15, 0.2) is 5.78 Å². The van der Waals surface area contributed by atoms with Crippen LogP contribution in [-0.2, 0) is 12.8 Å². The van der Waals surface area contributed by atoms with Gasteiger partial charge in [-0.25, -0.2) is 0 Å². The highest BCUT2D eigenvalue weighted by molar-refractivity contribution is 6.00. The first-order valence-corrected chi connectivity index (χ1v) is 6.31. The van der Waals surface area contributed by atoms with Crippen molar-refractivity contribution in [2.75, 3.05) is 0 Å². The van der Waals surface area contributed by atoms with Crippen molar-refractivity contribution in [2.24, 2.45) is 5.92 Å². The molecule has 0 saturated carbocycles. The second-order valence-electron chi connectivity index (χ2n) is 4.58. The van der Waals surface area contributed by atoms with Crippen LogP contribution in [0.5, 0.6) is 0 Å². The van der Waals surface area contributed by atoms with E-state index >= 15 is 0 Å². The molecular formula is C14H14F6O. The normalized spacial score (nSPS) is 12.8. The largest absolute Gasteiger partial charge is 0.407 e. The number of hydrogen-bond donors (Lipinski definition) is 0. The van der Waals surface area contributed by atoms with Crippen LogP contribution in [0.25, 0.3) is 0 Å². The van der Waals surface area contributed by atoms with Gasteiger partial charge in [-0.1, -0.05) is 26.0 Å². The summed E-state index contributed by atoms with van der Waals surface area (Å²) in [5, 5.41) is 0. The van der Waals surface area contributed by atoms with E-state index < -0.39 is 29.6 Å². The summed E-state index contributed by atoms with van der Waals surface area (Å²) in [5.74, 6) is -5.93. The van der Waals surface area contributed by atoms with Crippen LogP contribution in [0.2, 0.25) is 0 Å². The number of ketones is 1. The molecule has 0 unspecified atom stereocenters. The number of carbonyl (C=O) groups is 1. The van der Waals surface area contributed by atoms with Crippen molar-refractivity contribution >= 4 is 5.78 Å². The van der Waals surface area contributed by atoms with Crippen molar-refractivity contribution in [2.45, 2.75) is 39.0 Å². The first-order valence-electron chi connectivity index (χ1n) is 6.31. The van der Waals surface area contributed by atoms with Gasteiger partial charge in [-0.05, 0) is 30.0 Å². The Bertz CT molecular complexity index is 501. The van der Waals surface area contributed by atoms with Gasteiger partial charge in [0, 0.05) is 5.56 Å². The number of carbonyl (C=O) groups excluding carboxylic acids is 1. The molecule has 118 valence electrons. The summed E-state index contributed by atoms with van der Waals surface area (Å²) in [7, 11) is 0. The number of hydrogen-bond acceptors (Lipinski definition) is 1. The van der Waals surface area contributed by atoms with Gasteiger partial charge in [-0.2, -0.15) is 26.3 Å². The number of Topliss-reactive ketones (excluding diaryl/α,β-unsaturated/α-hetero) is 1. The Morgan fingerprint density at radius 3 is 1.90 bits per heavy atom. The predicted octanol–water partition coefficient (Wildman–Crippen LogP) is 4.73. The molecule has 0 spiro atoms. The van der Waals surface area contributed by atoms with Crippen LogP contribution in [0.1, 0.15) is 35.3 Å². The molecular weight excluding hydrogens is 298 g/mol. The van der Waals surface area contributed by atoms with E-state index in [0.717, 1.165) is 6.07 Å². The molecule has 0 bridgehead atoms. The minimum absolute atomic E-state index is 0.174. The van der Waals surface area contributed by atoms with E-state index in [1.807, 2.05) is 0 Å². The molecule has 0 aliphatic heterocycles. The molecule has 0 fully saturated rings. The molecule has 0 N–H and O–H groups in total. The standard InChI is InChI=1S/C14H14F6O/c1-3-8-5-6-9(4-2)10(7-8)11(21)12(13(15,16)17)14(18,19)20/h5-7,12H,3-4H2,1-2H3. The molecule has 7 heteroatoms. The molecule has 0 aliphatic carbocycles. The fourth-order valence-corrected chi connectivity index (χ4v) is 2.02. The lowest BCUT2D eigenvalue weighted by molar-refractivity contribution is -0.264. The zero-order valence-corrected chi connectivity index (χ0v) is 11.4. The van der Waals surface area contributed by atoms with Gasteiger partial charge in [0.2, 0.25) is 5.92 Å². The van der Waals surface area contributed by atoms with Crippen molar-refractivity contribution in [3.05, 3.63) is 34.9 Å². The molecule has 0 heterocycles. The fourth-order valence-electron chi connectivity index (χ4n) is 2.02. The van der Waals surface area contributed by atoms with Crippen LogP contribution >= 0.6 is 0 Å². The Morgan fingerprint density at radius 2 is 1.52 bits per heavy atom. The molecule has 0 atom stereocenters. The Morgan fingerprint density at radius 1 is 1.00 bits per heavy atom. The Kier molecular flexibility index (Phi) is 5.07. The third-order valence-electron chi connectivity index (χ3n) is 3.15. The van der Waals surface area contributed by atoms with Crippen molar-refractivity contribution in [1.82, 2.24) is 0 Å². The second kappa shape index (κ2) is 6.07. The van der Waals surface area contributed by atoms with Crippen molar-refractivity contribution in [1.29, 1.82) is 0 Å². The number of benzene rings is 1. The average molecular weight is 312 g/mol. The number of aryl methyl sites for hydroxylation is 2. The van der Waals surface area contributed by atoms with Crippen LogP contribution in [0.4, 0.5) is 26.3 Å². The zero-order chi connectivity index (χ0) is 16.4. The summed E-state index contributed by atoms with van der Waals surface area (Å²) >= 11 is 0. The SMILES string of the molecule is CCc1ccc(CC)c(C(=O)C(C(F)(F)F)C(F)(F)F)c1. The van der Waals surface area contributed by atoms with E-state index in [2.05, 4.69) is 0 Å². The third-order valence-corrected chi connectivity index (χ3v) is 3.15. The van der Waals surface area contributed by atoms with Crippen molar-refractivity contribution in [3.8, 4) is 0 Å². The van der Waals surface area contributed by atoms with Gasteiger partial charge >= 0.3 is 12.4 Å². The molecule has 1 aromatic carbocycles. The Hall–Kier alpha value is -1.53. The summed E-state index contributed by atoms with van der Waals surface area (Å²) in [6, 6.07) is 4.10. The third kappa shape index (κ3) is 3.98. The Balaban J connectivity index is 3.39. The zero-order valence-electron chi connectivity index (χ0n) is 11.4. The van der Waals surface area contributed by atoms with Crippen LogP contribution in [0.3, 0.4) is 0 Å². The van der Waals surface area contributed by atoms with Gasteiger partial charge in [0.05, 0.1) is 0 Å². The monoisotopic (exact) mass is 312 g/mol. The highest BCUT2D eigenvalue weighted by atomic mass is 19.4. The summed E-state index contributed by atoms with van der Waals surface area (Å²) in [5.41, 5.74) is 0.186. The molecule has 0 amide bonds. The lowest BCUT2D eigenvalue weighted by atomic mass is 9.90. The van der Waals surface area contributed by atoms with Gasteiger partial charge in [0.1, 0.15) is 0 Å². The predicted molar refractivity (Wildman–Crippen MR) is 65.1 cm³/mol. The van der Waals surface area contributed by atoms with Gasteiger partial charge in [0.25, 0.3) is 0 Å². The lowest BCUT2D eigenvalue weighted by Gasteiger charge is -2.23. The average Bonchev–Trinajstić information content (AvgIpc) is 2.34. The number of halogens is 6. The first-order chi connectivity index (χ1) is 9.52. The van der Waals surface area contributed by atoms with Gasteiger partial charge in [-0.15, -0.1) is 0 Å². The molecule has 1 aromatic rings. The number of rotatable bonds is 4. The van der Waals surface area contributed by atoms with E-state index in [-0.39, 0.29) is 12.0 Å². The van der Waals surface area contributed by atoms with E-state index in [1.54, 1.807) is 19.9 Å². The number of alkyl halides is 6. The molecule has 0 aliphatic rings. The summed E-state index contributed by atoms with van der Waals surface area (Å²) in [6.45, 7) is 3.26.